The Bertz CT molecular complexity index is 1360. The van der Waals surface area contributed by atoms with Crippen LogP contribution in [-0.2, 0) is 24.3 Å². The van der Waals surface area contributed by atoms with Gasteiger partial charge in [0.1, 0.15) is 5.75 Å². The number of fused-ring (bicyclic) bond motifs is 1. The second-order valence-electron chi connectivity index (χ2n) is 7.65. The van der Waals surface area contributed by atoms with Crippen molar-refractivity contribution in [2.45, 2.75) is 29.2 Å². The zero-order valence-corrected chi connectivity index (χ0v) is 21.5. The van der Waals surface area contributed by atoms with Gasteiger partial charge in [0, 0.05) is 0 Å². The number of esters is 1. The number of sulfonamides is 1. The van der Waals surface area contributed by atoms with Crippen LogP contribution in [0.4, 0.5) is 10.8 Å². The molecule has 1 aromatic heterocycles. The van der Waals surface area contributed by atoms with Crippen LogP contribution in [0.5, 0.6) is 5.75 Å². The first-order valence-corrected chi connectivity index (χ1v) is 13.6. The van der Waals surface area contributed by atoms with Gasteiger partial charge in [-0.05, 0) is 43.7 Å². The van der Waals surface area contributed by atoms with Crippen LogP contribution in [0.25, 0.3) is 0 Å². The second-order valence-corrected chi connectivity index (χ2v) is 11.7. The number of hydrogen-bond donors (Lipinski definition) is 1. The molecule has 2 heterocycles. The van der Waals surface area contributed by atoms with E-state index < -0.39 is 28.0 Å². The molecule has 0 fully saturated rings. The fraction of sp³-hybridized carbons (Fsp3) is 0.273. The Morgan fingerprint density at radius 3 is 2.60 bits per heavy atom. The number of aryl methyl sites for hydroxylation is 2. The largest absolute Gasteiger partial charge is 0.476 e. The molecule has 1 aliphatic heterocycles. The van der Waals surface area contributed by atoms with Crippen molar-refractivity contribution >= 4 is 55.8 Å². The quantitative estimate of drug-likeness (QED) is 0.276. The molecule has 0 unspecified atom stereocenters. The van der Waals surface area contributed by atoms with Crippen molar-refractivity contribution in [3.8, 4) is 5.75 Å². The van der Waals surface area contributed by atoms with Crippen LogP contribution in [0, 0.1) is 13.8 Å². The standard InChI is InChI=1S/C22H22N4O6S3/c1-13-4-7-15(8-5-13)35(29,30)26-11-18(32-17-9-6-14(2)10-16(17)26)20(28)23-21-24-25-22(34-21)33-12-19(27)31-3/h4-10,18H,11-12H2,1-3H3,(H,23,24,28)/t18-/m0/s1. The minimum absolute atomic E-state index is 0.0623. The van der Waals surface area contributed by atoms with Gasteiger partial charge in [-0.3, -0.25) is 19.2 Å². The van der Waals surface area contributed by atoms with Crippen molar-refractivity contribution in [1.29, 1.82) is 0 Å². The maximum atomic E-state index is 13.5. The Morgan fingerprint density at radius 1 is 1.17 bits per heavy atom. The molecular weight excluding hydrogens is 512 g/mol. The Balaban J connectivity index is 1.56. The van der Waals surface area contributed by atoms with Crippen molar-refractivity contribution in [1.82, 2.24) is 10.2 Å². The van der Waals surface area contributed by atoms with E-state index >= 15 is 0 Å². The summed E-state index contributed by atoms with van der Waals surface area (Å²) in [7, 11) is -2.67. The summed E-state index contributed by atoms with van der Waals surface area (Å²) in [6.07, 6.45) is -1.12. The molecule has 0 saturated heterocycles. The summed E-state index contributed by atoms with van der Waals surface area (Å²) in [5, 5.41) is 10.7. The van der Waals surface area contributed by atoms with E-state index in [0.29, 0.717) is 10.0 Å². The number of aromatic nitrogens is 2. The maximum absolute atomic E-state index is 13.5. The monoisotopic (exact) mass is 534 g/mol. The number of carbonyl (C=O) groups excluding carboxylic acids is 2. The molecule has 0 spiro atoms. The van der Waals surface area contributed by atoms with Gasteiger partial charge in [-0.2, -0.15) is 0 Å². The first-order chi connectivity index (χ1) is 16.7. The number of thioether (sulfide) groups is 1. The predicted octanol–water partition coefficient (Wildman–Crippen LogP) is 3.02. The number of nitrogens with zero attached hydrogens (tertiary/aromatic N) is 3. The average molecular weight is 535 g/mol. The smallest absolute Gasteiger partial charge is 0.316 e. The molecular formula is C22H22N4O6S3. The molecule has 1 aliphatic rings. The highest BCUT2D eigenvalue weighted by Gasteiger charge is 2.38. The van der Waals surface area contributed by atoms with Gasteiger partial charge < -0.3 is 9.47 Å². The summed E-state index contributed by atoms with van der Waals surface area (Å²) in [5.74, 6) is -0.632. The third-order valence-corrected chi connectivity index (χ3v) is 8.80. The van der Waals surface area contributed by atoms with Gasteiger partial charge in [0.05, 0.1) is 30.0 Å². The molecule has 0 radical (unpaired) electrons. The van der Waals surface area contributed by atoms with E-state index in [0.717, 1.165) is 34.2 Å². The predicted molar refractivity (Wildman–Crippen MR) is 133 cm³/mol. The minimum Gasteiger partial charge on any atom is -0.476 e. The number of benzene rings is 2. The molecule has 0 bridgehead atoms. The number of carbonyl (C=O) groups is 2. The van der Waals surface area contributed by atoms with Gasteiger partial charge in [-0.15, -0.1) is 10.2 Å². The van der Waals surface area contributed by atoms with Crippen LogP contribution < -0.4 is 14.4 Å². The zero-order valence-electron chi connectivity index (χ0n) is 19.0. The van der Waals surface area contributed by atoms with Crippen LogP contribution in [0.1, 0.15) is 11.1 Å². The average Bonchev–Trinajstić information content (AvgIpc) is 3.29. The Morgan fingerprint density at radius 2 is 1.89 bits per heavy atom. The van der Waals surface area contributed by atoms with Crippen molar-refractivity contribution in [3.63, 3.8) is 0 Å². The summed E-state index contributed by atoms with van der Waals surface area (Å²) in [5.41, 5.74) is 2.15. The molecule has 13 heteroatoms. The molecule has 10 nitrogen and oxygen atoms in total. The van der Waals surface area contributed by atoms with E-state index in [1.165, 1.54) is 11.4 Å². The molecule has 1 atom stereocenters. The highest BCUT2D eigenvalue weighted by molar-refractivity contribution is 8.01. The van der Waals surface area contributed by atoms with Crippen molar-refractivity contribution in [3.05, 3.63) is 53.6 Å². The van der Waals surface area contributed by atoms with Crippen LogP contribution in [0.15, 0.2) is 51.7 Å². The van der Waals surface area contributed by atoms with Crippen molar-refractivity contribution in [2.75, 3.05) is 29.0 Å². The number of methoxy groups -OCH3 is 1. The summed E-state index contributed by atoms with van der Waals surface area (Å²) in [4.78, 5) is 24.4. The van der Waals surface area contributed by atoms with Crippen LogP contribution in [0.2, 0.25) is 0 Å². The van der Waals surface area contributed by atoms with Crippen molar-refractivity contribution in [2.24, 2.45) is 0 Å². The van der Waals surface area contributed by atoms with Gasteiger partial charge in [0.25, 0.3) is 15.9 Å². The molecule has 3 aromatic rings. The van der Waals surface area contributed by atoms with Gasteiger partial charge in [0.2, 0.25) is 5.13 Å². The number of hydrogen-bond acceptors (Lipinski definition) is 10. The molecule has 1 N–H and O–H groups in total. The maximum Gasteiger partial charge on any atom is 0.316 e. The lowest BCUT2D eigenvalue weighted by Crippen LogP contribution is -2.48. The van der Waals surface area contributed by atoms with Gasteiger partial charge >= 0.3 is 5.97 Å². The fourth-order valence-corrected chi connectivity index (χ4v) is 6.30. The summed E-state index contributed by atoms with van der Waals surface area (Å²) in [6, 6.07) is 11.7. The third kappa shape index (κ3) is 5.57. The van der Waals surface area contributed by atoms with Crippen LogP contribution >= 0.6 is 23.1 Å². The normalized spacial score (nSPS) is 15.2. The minimum atomic E-state index is -3.96. The van der Waals surface area contributed by atoms with Gasteiger partial charge in [0.15, 0.2) is 10.4 Å². The highest BCUT2D eigenvalue weighted by atomic mass is 32.2. The molecule has 0 aliphatic carbocycles. The number of anilines is 2. The third-order valence-electron chi connectivity index (χ3n) is 5.06. The van der Waals surface area contributed by atoms with E-state index in [9.17, 15) is 18.0 Å². The SMILES string of the molecule is COC(=O)CSc1nnc(NC(=O)[C@@H]2CN(S(=O)(=O)c3ccc(C)cc3)c3cc(C)ccc3O2)s1. The van der Waals surface area contributed by atoms with E-state index in [1.54, 1.807) is 42.5 Å². The lowest BCUT2D eigenvalue weighted by atomic mass is 10.1. The van der Waals surface area contributed by atoms with Crippen molar-refractivity contribution < 1.29 is 27.5 Å². The van der Waals surface area contributed by atoms with Gasteiger partial charge in [-0.25, -0.2) is 8.42 Å². The zero-order chi connectivity index (χ0) is 25.2. The first kappa shape index (κ1) is 24.9. The Hall–Kier alpha value is -3.16. The van der Waals surface area contributed by atoms with Crippen LogP contribution in [-0.4, -0.2) is 56.0 Å². The summed E-state index contributed by atoms with van der Waals surface area (Å²) >= 11 is 2.21. The highest BCUT2D eigenvalue weighted by Crippen LogP contribution is 2.38. The van der Waals surface area contributed by atoms with E-state index in [4.69, 9.17) is 4.74 Å². The molecule has 2 aromatic carbocycles. The lowest BCUT2D eigenvalue weighted by molar-refractivity contribution is -0.137. The number of amides is 1. The Labute approximate surface area is 210 Å². The fourth-order valence-electron chi connectivity index (χ4n) is 3.25. The summed E-state index contributed by atoms with van der Waals surface area (Å²) in [6.45, 7) is 3.50. The van der Waals surface area contributed by atoms with E-state index in [2.05, 4.69) is 20.3 Å². The first-order valence-electron chi connectivity index (χ1n) is 10.4. The lowest BCUT2D eigenvalue weighted by Gasteiger charge is -2.34. The number of ether oxygens (including phenoxy) is 2. The molecule has 1 amide bonds. The molecule has 184 valence electrons. The number of nitrogens with one attached hydrogen (secondary N) is 1. The number of rotatable bonds is 7. The van der Waals surface area contributed by atoms with Gasteiger partial charge in [-0.1, -0.05) is 46.9 Å². The topological polar surface area (TPSA) is 128 Å². The molecule has 0 saturated carbocycles. The van der Waals surface area contributed by atoms with E-state index in [-0.39, 0.29) is 28.1 Å². The molecule has 4 rings (SSSR count). The second kappa shape index (κ2) is 10.2. The molecule has 35 heavy (non-hydrogen) atoms. The van der Waals surface area contributed by atoms with Crippen LogP contribution in [0.3, 0.4) is 0 Å². The van der Waals surface area contributed by atoms with E-state index in [1.807, 2.05) is 13.8 Å². The Kier molecular flexibility index (Phi) is 7.28. The summed E-state index contributed by atoms with van der Waals surface area (Å²) < 4.78 is 39.2.